The minimum atomic E-state index is -0.641. The zero-order chi connectivity index (χ0) is 23.5. The Morgan fingerprint density at radius 3 is 2.58 bits per heavy atom. The molecule has 1 amide bonds. The van der Waals surface area contributed by atoms with Crippen LogP contribution in [-0.2, 0) is 4.79 Å². The first-order valence-electron chi connectivity index (χ1n) is 10.5. The van der Waals surface area contributed by atoms with Crippen LogP contribution in [0.25, 0.3) is 10.9 Å². The lowest BCUT2D eigenvalue weighted by Crippen LogP contribution is -2.25. The number of hydrogen-bond donors (Lipinski definition) is 1. The van der Waals surface area contributed by atoms with Gasteiger partial charge in [-0.3, -0.25) is 9.59 Å². The van der Waals surface area contributed by atoms with Gasteiger partial charge >= 0.3 is 0 Å². The van der Waals surface area contributed by atoms with Crippen molar-refractivity contribution in [1.29, 1.82) is 0 Å². The third-order valence-electron chi connectivity index (χ3n) is 5.51. The van der Waals surface area contributed by atoms with Gasteiger partial charge in [0.2, 0.25) is 0 Å². The van der Waals surface area contributed by atoms with E-state index >= 15 is 0 Å². The third-order valence-corrected chi connectivity index (χ3v) is 6.56. The van der Waals surface area contributed by atoms with E-state index in [1.807, 2.05) is 12.1 Å². The fourth-order valence-corrected chi connectivity index (χ4v) is 4.94. The molecule has 33 heavy (non-hydrogen) atoms. The fourth-order valence-electron chi connectivity index (χ4n) is 3.96. The van der Waals surface area contributed by atoms with Gasteiger partial charge in [-0.25, -0.2) is 4.98 Å². The third kappa shape index (κ3) is 5.39. The molecular weight excluding hydrogens is 531 g/mol. The lowest BCUT2D eigenvalue weighted by Gasteiger charge is -2.22. The standard InChI is InChI=1S/C23H21BrCl2N4O3/c24-15-6-7-19-16(10-15)23(32)30(22(29-19)14-4-2-1-3-5-14)28-11-13-8-17(25)21(18(26)9-13)33-12-20(27)31/h6-11,14H,1-5,12H2,(H2,27,31). The second kappa shape index (κ2) is 10.2. The van der Waals surface area contributed by atoms with Crippen molar-refractivity contribution in [2.24, 2.45) is 10.8 Å². The van der Waals surface area contributed by atoms with Gasteiger partial charge in [0.05, 0.1) is 27.2 Å². The maximum Gasteiger partial charge on any atom is 0.282 e. The van der Waals surface area contributed by atoms with Gasteiger partial charge in [0.25, 0.3) is 11.5 Å². The number of nitrogens with zero attached hydrogens (tertiary/aromatic N) is 3. The maximum atomic E-state index is 13.4. The molecule has 0 saturated heterocycles. The number of hydrogen-bond acceptors (Lipinski definition) is 5. The summed E-state index contributed by atoms with van der Waals surface area (Å²) in [5.41, 5.74) is 6.08. The highest BCUT2D eigenvalue weighted by molar-refractivity contribution is 9.10. The number of carbonyl (C=O) groups is 1. The number of halogens is 3. The Morgan fingerprint density at radius 2 is 1.91 bits per heavy atom. The van der Waals surface area contributed by atoms with Gasteiger partial charge in [0.15, 0.2) is 12.4 Å². The van der Waals surface area contributed by atoms with Crippen molar-refractivity contribution in [2.45, 2.75) is 38.0 Å². The van der Waals surface area contributed by atoms with Crippen molar-refractivity contribution >= 4 is 62.2 Å². The number of aromatic nitrogens is 2. The van der Waals surface area contributed by atoms with E-state index in [4.69, 9.17) is 38.7 Å². The van der Waals surface area contributed by atoms with E-state index < -0.39 is 5.91 Å². The molecule has 3 aromatic rings. The normalized spacial score (nSPS) is 14.8. The molecule has 7 nitrogen and oxygen atoms in total. The minimum Gasteiger partial charge on any atom is -0.481 e. The summed E-state index contributed by atoms with van der Waals surface area (Å²) >= 11 is 16.0. The Labute approximate surface area is 208 Å². The van der Waals surface area contributed by atoms with E-state index in [0.29, 0.717) is 22.3 Å². The van der Waals surface area contributed by atoms with Crippen molar-refractivity contribution in [3.63, 3.8) is 0 Å². The van der Waals surface area contributed by atoms with Crippen LogP contribution < -0.4 is 16.0 Å². The summed E-state index contributed by atoms with van der Waals surface area (Å²) in [7, 11) is 0. The predicted octanol–water partition coefficient (Wildman–Crippen LogP) is 5.26. The fraction of sp³-hybridized carbons (Fsp3) is 0.304. The highest BCUT2D eigenvalue weighted by Crippen LogP contribution is 2.34. The molecule has 10 heteroatoms. The number of carbonyl (C=O) groups excluding carboxylic acids is 1. The van der Waals surface area contributed by atoms with Crippen molar-refractivity contribution < 1.29 is 9.53 Å². The molecule has 4 rings (SSSR count). The number of ether oxygens (including phenoxy) is 1. The summed E-state index contributed by atoms with van der Waals surface area (Å²) in [6.45, 7) is -0.342. The second-order valence-corrected chi connectivity index (χ2v) is 9.63. The molecule has 0 unspecified atom stereocenters. The van der Waals surface area contributed by atoms with Gasteiger partial charge in [-0.2, -0.15) is 9.78 Å². The van der Waals surface area contributed by atoms with Crippen LogP contribution in [0.1, 0.15) is 49.4 Å². The Bertz CT molecular complexity index is 1280. The van der Waals surface area contributed by atoms with Gasteiger partial charge in [-0.15, -0.1) is 0 Å². The van der Waals surface area contributed by atoms with E-state index in [2.05, 4.69) is 21.0 Å². The Kier molecular flexibility index (Phi) is 7.36. The largest absolute Gasteiger partial charge is 0.481 e. The van der Waals surface area contributed by atoms with Crippen molar-refractivity contribution in [3.05, 3.63) is 66.6 Å². The van der Waals surface area contributed by atoms with Crippen LogP contribution in [0.15, 0.2) is 44.7 Å². The molecule has 1 saturated carbocycles. The van der Waals surface area contributed by atoms with E-state index in [1.165, 1.54) is 17.3 Å². The molecule has 0 atom stereocenters. The Morgan fingerprint density at radius 1 is 1.21 bits per heavy atom. The van der Waals surface area contributed by atoms with Crippen molar-refractivity contribution in [2.75, 3.05) is 6.61 Å². The molecular formula is C23H21BrCl2N4O3. The van der Waals surface area contributed by atoms with Crippen LogP contribution in [-0.4, -0.2) is 28.4 Å². The molecule has 0 bridgehead atoms. The van der Waals surface area contributed by atoms with Gasteiger partial charge in [0.1, 0.15) is 5.82 Å². The van der Waals surface area contributed by atoms with Crippen LogP contribution >= 0.6 is 39.1 Å². The zero-order valence-corrected chi connectivity index (χ0v) is 20.7. The van der Waals surface area contributed by atoms with Crippen LogP contribution in [0.3, 0.4) is 0 Å². The van der Waals surface area contributed by atoms with Gasteiger partial charge in [-0.05, 0) is 48.7 Å². The van der Waals surface area contributed by atoms with E-state index in [-0.39, 0.29) is 33.9 Å². The zero-order valence-electron chi connectivity index (χ0n) is 17.6. The molecule has 1 fully saturated rings. The summed E-state index contributed by atoms with van der Waals surface area (Å²) in [5, 5.41) is 5.36. The van der Waals surface area contributed by atoms with Gasteiger partial charge in [0, 0.05) is 10.4 Å². The molecule has 1 aliphatic rings. The quantitative estimate of drug-likeness (QED) is 0.422. The number of nitrogens with two attached hydrogens (primary N) is 1. The first kappa shape index (κ1) is 23.7. The minimum absolute atomic E-state index is 0.159. The molecule has 1 heterocycles. The first-order chi connectivity index (χ1) is 15.8. The molecule has 2 aromatic carbocycles. The van der Waals surface area contributed by atoms with Gasteiger partial charge in [-0.1, -0.05) is 58.4 Å². The van der Waals surface area contributed by atoms with Crippen LogP contribution in [0, 0.1) is 0 Å². The highest BCUT2D eigenvalue weighted by atomic mass is 79.9. The van der Waals surface area contributed by atoms with Crippen molar-refractivity contribution in [3.8, 4) is 5.75 Å². The molecule has 0 aliphatic heterocycles. The summed E-state index contributed by atoms with van der Waals surface area (Å²) in [6.07, 6.45) is 6.82. The Hall–Kier alpha value is -2.42. The average molecular weight is 552 g/mol. The summed E-state index contributed by atoms with van der Waals surface area (Å²) in [4.78, 5) is 29.2. The number of amides is 1. The van der Waals surface area contributed by atoms with Crippen LogP contribution in [0.4, 0.5) is 0 Å². The number of fused-ring (bicyclic) bond motifs is 1. The smallest absolute Gasteiger partial charge is 0.282 e. The van der Waals surface area contributed by atoms with E-state index in [0.717, 1.165) is 30.2 Å². The summed E-state index contributed by atoms with van der Waals surface area (Å²) in [6, 6.07) is 8.64. The molecule has 2 N–H and O–H groups in total. The van der Waals surface area contributed by atoms with E-state index in [1.54, 1.807) is 18.2 Å². The first-order valence-corrected chi connectivity index (χ1v) is 12.0. The van der Waals surface area contributed by atoms with Crippen molar-refractivity contribution in [1.82, 2.24) is 9.66 Å². The molecule has 1 aliphatic carbocycles. The van der Waals surface area contributed by atoms with E-state index in [9.17, 15) is 9.59 Å². The predicted molar refractivity (Wildman–Crippen MR) is 134 cm³/mol. The topological polar surface area (TPSA) is 99.6 Å². The lowest BCUT2D eigenvalue weighted by atomic mass is 9.88. The monoisotopic (exact) mass is 550 g/mol. The molecule has 0 spiro atoms. The van der Waals surface area contributed by atoms with Gasteiger partial charge < -0.3 is 10.5 Å². The average Bonchev–Trinajstić information content (AvgIpc) is 2.78. The molecule has 172 valence electrons. The highest BCUT2D eigenvalue weighted by Gasteiger charge is 2.22. The SMILES string of the molecule is NC(=O)COc1c(Cl)cc(C=Nn2c(C3CCCCC3)nc3ccc(Br)cc3c2=O)cc1Cl. The summed E-state index contributed by atoms with van der Waals surface area (Å²) in [5.74, 6) is 0.335. The van der Waals surface area contributed by atoms with Crippen LogP contribution in [0.5, 0.6) is 5.75 Å². The number of rotatable bonds is 6. The molecule has 0 radical (unpaired) electrons. The second-order valence-electron chi connectivity index (χ2n) is 7.90. The Balaban J connectivity index is 1.76. The maximum absolute atomic E-state index is 13.4. The number of primary amides is 1. The summed E-state index contributed by atoms with van der Waals surface area (Å²) < 4.78 is 7.44. The van der Waals surface area contributed by atoms with Crippen LogP contribution in [0.2, 0.25) is 10.0 Å². The lowest BCUT2D eigenvalue weighted by molar-refractivity contribution is -0.119. The number of benzene rings is 2. The molecule has 1 aromatic heterocycles.